The zero-order valence-corrected chi connectivity index (χ0v) is 15.8. The van der Waals surface area contributed by atoms with Crippen molar-refractivity contribution in [2.24, 2.45) is 0 Å². The van der Waals surface area contributed by atoms with E-state index >= 15 is 0 Å². The number of nitro benzene ring substituents is 1. The Labute approximate surface area is 166 Å². The summed E-state index contributed by atoms with van der Waals surface area (Å²) in [4.78, 5) is 23.2. The number of thioether (sulfide) groups is 1. The molecule has 0 bridgehead atoms. The number of furan rings is 1. The highest BCUT2D eigenvalue weighted by Crippen LogP contribution is 2.28. The summed E-state index contributed by atoms with van der Waals surface area (Å²) in [5.41, 5.74) is 1.17. The lowest BCUT2D eigenvalue weighted by atomic mass is 10.1. The number of hydrogen-bond acceptors (Lipinski definition) is 6. The standard InChI is InChI=1S/C20H19N3O4S/c24-20(21-10-12-28-14-17-7-4-11-27-17)15-8-9-18(19(13-15)23(25)26)22-16-5-2-1-3-6-16/h1-9,11,13,22H,10,12,14H2,(H,21,24). The minimum atomic E-state index is -0.499. The van der Waals surface area contributed by atoms with Gasteiger partial charge in [-0.3, -0.25) is 14.9 Å². The molecule has 0 saturated carbocycles. The topological polar surface area (TPSA) is 97.4 Å². The Morgan fingerprint density at radius 1 is 1.11 bits per heavy atom. The lowest BCUT2D eigenvalue weighted by Gasteiger charge is -2.09. The van der Waals surface area contributed by atoms with Gasteiger partial charge in [0.25, 0.3) is 11.6 Å². The maximum absolute atomic E-state index is 12.3. The van der Waals surface area contributed by atoms with Crippen LogP contribution in [0.15, 0.2) is 71.3 Å². The van der Waals surface area contributed by atoms with E-state index in [2.05, 4.69) is 10.6 Å². The molecule has 0 atom stereocenters. The van der Waals surface area contributed by atoms with Crippen molar-refractivity contribution >= 4 is 34.7 Å². The molecule has 0 aliphatic rings. The molecule has 144 valence electrons. The minimum Gasteiger partial charge on any atom is -0.468 e. The smallest absolute Gasteiger partial charge is 0.293 e. The largest absolute Gasteiger partial charge is 0.468 e. The molecule has 3 rings (SSSR count). The second-order valence-corrected chi connectivity index (χ2v) is 6.97. The van der Waals surface area contributed by atoms with Crippen LogP contribution in [0.5, 0.6) is 0 Å². The number of nitro groups is 1. The van der Waals surface area contributed by atoms with Gasteiger partial charge in [0.2, 0.25) is 0 Å². The van der Waals surface area contributed by atoms with E-state index in [1.54, 1.807) is 30.2 Å². The van der Waals surface area contributed by atoms with Gasteiger partial charge in [-0.1, -0.05) is 18.2 Å². The summed E-state index contributed by atoms with van der Waals surface area (Å²) in [6.07, 6.45) is 1.63. The SMILES string of the molecule is O=C(NCCSCc1ccco1)c1ccc(Nc2ccccc2)c([N+](=O)[O-])c1. The molecular weight excluding hydrogens is 378 g/mol. The molecule has 0 fully saturated rings. The van der Waals surface area contributed by atoms with Crippen LogP contribution in [-0.2, 0) is 5.75 Å². The van der Waals surface area contributed by atoms with Gasteiger partial charge in [0.15, 0.2) is 0 Å². The summed E-state index contributed by atoms with van der Waals surface area (Å²) >= 11 is 1.63. The predicted molar refractivity (Wildman–Crippen MR) is 110 cm³/mol. The summed E-state index contributed by atoms with van der Waals surface area (Å²) in [6.45, 7) is 0.460. The third-order valence-electron chi connectivity index (χ3n) is 3.87. The van der Waals surface area contributed by atoms with Crippen molar-refractivity contribution in [3.63, 3.8) is 0 Å². The highest BCUT2D eigenvalue weighted by molar-refractivity contribution is 7.98. The quantitative estimate of drug-likeness (QED) is 0.311. The van der Waals surface area contributed by atoms with Crippen LogP contribution >= 0.6 is 11.8 Å². The van der Waals surface area contributed by atoms with Crippen LogP contribution in [0.3, 0.4) is 0 Å². The van der Waals surface area contributed by atoms with Crippen molar-refractivity contribution in [1.29, 1.82) is 0 Å². The lowest BCUT2D eigenvalue weighted by Crippen LogP contribution is -2.25. The fourth-order valence-corrected chi connectivity index (χ4v) is 3.27. The van der Waals surface area contributed by atoms with Gasteiger partial charge in [-0.25, -0.2) is 0 Å². The first kappa shape index (κ1) is 19.5. The number of nitrogens with one attached hydrogen (secondary N) is 2. The second kappa shape index (κ2) is 9.61. The zero-order chi connectivity index (χ0) is 19.8. The average Bonchev–Trinajstić information content (AvgIpc) is 3.22. The van der Waals surface area contributed by atoms with E-state index in [4.69, 9.17) is 4.42 Å². The van der Waals surface area contributed by atoms with E-state index in [0.717, 1.165) is 17.2 Å². The van der Waals surface area contributed by atoms with Gasteiger partial charge in [-0.2, -0.15) is 11.8 Å². The molecule has 28 heavy (non-hydrogen) atoms. The Bertz CT molecular complexity index is 930. The number of anilines is 2. The van der Waals surface area contributed by atoms with Crippen molar-refractivity contribution in [3.05, 3.63) is 88.4 Å². The average molecular weight is 397 g/mol. The number of para-hydroxylation sites is 1. The monoisotopic (exact) mass is 397 g/mol. The maximum atomic E-state index is 12.3. The number of amides is 1. The van der Waals surface area contributed by atoms with Gasteiger partial charge in [0, 0.05) is 29.6 Å². The Morgan fingerprint density at radius 3 is 2.64 bits per heavy atom. The number of carbonyl (C=O) groups is 1. The fraction of sp³-hybridized carbons (Fsp3) is 0.150. The van der Waals surface area contributed by atoms with E-state index < -0.39 is 4.92 Å². The van der Waals surface area contributed by atoms with Gasteiger partial charge >= 0.3 is 0 Å². The Morgan fingerprint density at radius 2 is 1.93 bits per heavy atom. The Kier molecular flexibility index (Phi) is 6.69. The van der Waals surface area contributed by atoms with Crippen LogP contribution < -0.4 is 10.6 Å². The maximum Gasteiger partial charge on any atom is 0.293 e. The third kappa shape index (κ3) is 5.37. The third-order valence-corrected chi connectivity index (χ3v) is 4.85. The number of nitrogens with zero attached hydrogens (tertiary/aromatic N) is 1. The molecule has 8 heteroatoms. The molecule has 3 aromatic rings. The molecule has 2 aromatic carbocycles. The summed E-state index contributed by atoms with van der Waals surface area (Å²) in [7, 11) is 0. The van der Waals surface area contributed by atoms with Gasteiger partial charge in [-0.15, -0.1) is 0 Å². The molecule has 0 unspecified atom stereocenters. The van der Waals surface area contributed by atoms with Crippen LogP contribution in [0, 0.1) is 10.1 Å². The first-order chi connectivity index (χ1) is 13.6. The van der Waals surface area contributed by atoms with E-state index in [9.17, 15) is 14.9 Å². The van der Waals surface area contributed by atoms with Gasteiger partial charge in [-0.05, 0) is 36.4 Å². The van der Waals surface area contributed by atoms with Crippen LogP contribution in [0.1, 0.15) is 16.1 Å². The van der Waals surface area contributed by atoms with Crippen LogP contribution in [0.4, 0.5) is 17.1 Å². The normalized spacial score (nSPS) is 10.4. The van der Waals surface area contributed by atoms with Crippen LogP contribution in [-0.4, -0.2) is 23.1 Å². The lowest BCUT2D eigenvalue weighted by molar-refractivity contribution is -0.383. The summed E-state index contributed by atoms with van der Waals surface area (Å²) in [6, 6.07) is 17.3. The molecule has 1 amide bonds. The van der Waals surface area contributed by atoms with E-state index in [0.29, 0.717) is 18.0 Å². The number of hydrogen-bond donors (Lipinski definition) is 2. The first-order valence-electron chi connectivity index (χ1n) is 8.62. The van der Waals surface area contributed by atoms with Crippen molar-refractivity contribution < 1.29 is 14.1 Å². The van der Waals surface area contributed by atoms with Crippen molar-refractivity contribution in [3.8, 4) is 0 Å². The number of benzene rings is 2. The molecule has 0 aliphatic heterocycles. The zero-order valence-electron chi connectivity index (χ0n) is 15.0. The molecule has 0 spiro atoms. The van der Waals surface area contributed by atoms with Gasteiger partial charge in [0.1, 0.15) is 11.4 Å². The predicted octanol–water partition coefficient (Wildman–Crippen LogP) is 4.59. The fourth-order valence-electron chi connectivity index (χ4n) is 2.51. The van der Waals surface area contributed by atoms with E-state index in [1.165, 1.54) is 6.07 Å². The Balaban J connectivity index is 1.57. The first-order valence-corrected chi connectivity index (χ1v) is 9.78. The molecule has 0 saturated heterocycles. The van der Waals surface area contributed by atoms with E-state index in [-0.39, 0.29) is 17.2 Å². The van der Waals surface area contributed by atoms with Crippen molar-refractivity contribution in [2.75, 3.05) is 17.6 Å². The molecule has 1 heterocycles. The second-order valence-electron chi connectivity index (χ2n) is 5.87. The van der Waals surface area contributed by atoms with Crippen LogP contribution in [0.2, 0.25) is 0 Å². The molecule has 0 aliphatic carbocycles. The number of carbonyl (C=O) groups excluding carboxylic acids is 1. The van der Waals surface area contributed by atoms with E-state index in [1.807, 2.05) is 42.5 Å². The highest BCUT2D eigenvalue weighted by Gasteiger charge is 2.17. The summed E-state index contributed by atoms with van der Waals surface area (Å²) in [5, 5.41) is 17.2. The van der Waals surface area contributed by atoms with Gasteiger partial charge < -0.3 is 15.1 Å². The number of rotatable bonds is 9. The highest BCUT2D eigenvalue weighted by atomic mass is 32.2. The van der Waals surface area contributed by atoms with Crippen LogP contribution in [0.25, 0.3) is 0 Å². The van der Waals surface area contributed by atoms with Gasteiger partial charge in [0.05, 0.1) is 16.9 Å². The Hall–Kier alpha value is -3.26. The summed E-state index contributed by atoms with van der Waals surface area (Å²) in [5.74, 6) is 1.98. The van der Waals surface area contributed by atoms with Crippen molar-refractivity contribution in [1.82, 2.24) is 5.32 Å². The van der Waals surface area contributed by atoms with Crippen molar-refractivity contribution in [2.45, 2.75) is 5.75 Å². The molecule has 2 N–H and O–H groups in total. The molecule has 1 aromatic heterocycles. The molecular formula is C20H19N3O4S. The minimum absolute atomic E-state index is 0.149. The molecule has 7 nitrogen and oxygen atoms in total. The molecule has 0 radical (unpaired) electrons. The summed E-state index contributed by atoms with van der Waals surface area (Å²) < 4.78 is 5.24.